The SMILES string of the molecule is CCOC(=O)c1ccc(NC(=O)C2CC(=O)N(CCCc3ccccc3)C(=Nc3ccccc3)S2)cc1. The van der Waals surface area contributed by atoms with Gasteiger partial charge >= 0.3 is 5.97 Å². The van der Waals surface area contributed by atoms with Gasteiger partial charge in [0.05, 0.1) is 17.9 Å². The van der Waals surface area contributed by atoms with Crippen LogP contribution in [0.3, 0.4) is 0 Å². The van der Waals surface area contributed by atoms with E-state index < -0.39 is 11.2 Å². The molecule has 1 fully saturated rings. The van der Waals surface area contributed by atoms with Crippen LogP contribution in [-0.2, 0) is 20.7 Å². The van der Waals surface area contributed by atoms with Crippen LogP contribution in [0.4, 0.5) is 11.4 Å². The Kier molecular flexibility index (Phi) is 9.10. The molecule has 0 spiro atoms. The number of nitrogens with one attached hydrogen (secondary N) is 1. The first kappa shape index (κ1) is 26.2. The second-order valence-corrected chi connectivity index (χ2v) is 9.63. The number of aryl methyl sites for hydroxylation is 1. The van der Waals surface area contributed by atoms with Gasteiger partial charge in [0, 0.05) is 18.7 Å². The normalized spacial score (nSPS) is 16.5. The van der Waals surface area contributed by atoms with E-state index in [1.165, 1.54) is 17.3 Å². The molecule has 3 aromatic carbocycles. The van der Waals surface area contributed by atoms with Crippen LogP contribution in [0.25, 0.3) is 0 Å². The number of rotatable bonds is 9. The Labute approximate surface area is 220 Å². The highest BCUT2D eigenvalue weighted by molar-refractivity contribution is 8.15. The van der Waals surface area contributed by atoms with Crippen LogP contribution in [0.2, 0.25) is 0 Å². The minimum absolute atomic E-state index is 0.0799. The van der Waals surface area contributed by atoms with Crippen molar-refractivity contribution in [2.45, 2.75) is 31.4 Å². The minimum Gasteiger partial charge on any atom is -0.462 e. The zero-order chi connectivity index (χ0) is 26.0. The fraction of sp³-hybridized carbons (Fsp3) is 0.241. The number of esters is 1. The second-order valence-electron chi connectivity index (χ2n) is 8.46. The number of nitrogens with zero attached hydrogens (tertiary/aromatic N) is 2. The average Bonchev–Trinajstić information content (AvgIpc) is 2.91. The van der Waals surface area contributed by atoms with E-state index in [0.29, 0.717) is 29.6 Å². The van der Waals surface area contributed by atoms with E-state index in [-0.39, 0.29) is 18.2 Å². The van der Waals surface area contributed by atoms with Gasteiger partial charge in [-0.2, -0.15) is 0 Å². The quantitative estimate of drug-likeness (QED) is 0.383. The predicted molar refractivity (Wildman–Crippen MR) is 147 cm³/mol. The molecule has 0 radical (unpaired) electrons. The topological polar surface area (TPSA) is 88.1 Å². The second kappa shape index (κ2) is 12.9. The molecule has 0 aliphatic carbocycles. The summed E-state index contributed by atoms with van der Waals surface area (Å²) in [7, 11) is 0. The number of carbonyl (C=O) groups excluding carboxylic acids is 3. The molecule has 37 heavy (non-hydrogen) atoms. The summed E-state index contributed by atoms with van der Waals surface area (Å²) < 4.78 is 4.99. The molecule has 0 bridgehead atoms. The van der Waals surface area contributed by atoms with Gasteiger partial charge in [0.1, 0.15) is 5.25 Å². The summed E-state index contributed by atoms with van der Waals surface area (Å²) in [6.45, 7) is 2.56. The van der Waals surface area contributed by atoms with Gasteiger partial charge in [-0.05, 0) is 61.7 Å². The number of hydrogen-bond donors (Lipinski definition) is 1. The lowest BCUT2D eigenvalue weighted by atomic mass is 10.1. The standard InChI is InChI=1S/C29H29N3O4S/c1-2-36-28(35)22-15-17-24(18-16-22)30-27(34)25-20-26(33)32(19-9-12-21-10-5-3-6-11-21)29(37-25)31-23-13-7-4-8-14-23/h3-8,10-11,13-18,25H,2,9,12,19-20H2,1H3,(H,30,34). The summed E-state index contributed by atoms with van der Waals surface area (Å²) in [5, 5.41) is 2.76. The van der Waals surface area contributed by atoms with Crippen molar-refractivity contribution in [3.05, 3.63) is 96.1 Å². The van der Waals surface area contributed by atoms with Gasteiger partial charge in [0.15, 0.2) is 5.17 Å². The lowest BCUT2D eigenvalue weighted by Crippen LogP contribution is -2.45. The zero-order valence-electron chi connectivity index (χ0n) is 20.6. The first-order valence-electron chi connectivity index (χ1n) is 12.3. The Morgan fingerprint density at radius 3 is 2.35 bits per heavy atom. The number of amides is 2. The largest absolute Gasteiger partial charge is 0.462 e. The van der Waals surface area contributed by atoms with Gasteiger partial charge in [0.25, 0.3) is 0 Å². The number of amidine groups is 1. The maximum Gasteiger partial charge on any atom is 0.338 e. The van der Waals surface area contributed by atoms with E-state index in [2.05, 4.69) is 17.4 Å². The molecule has 4 rings (SSSR count). The summed E-state index contributed by atoms with van der Waals surface area (Å²) >= 11 is 1.30. The molecule has 1 atom stereocenters. The van der Waals surface area contributed by atoms with Crippen molar-refractivity contribution in [3.63, 3.8) is 0 Å². The van der Waals surface area contributed by atoms with Gasteiger partial charge in [-0.1, -0.05) is 60.3 Å². The Morgan fingerprint density at radius 1 is 1.00 bits per heavy atom. The Hall–Kier alpha value is -3.91. The molecule has 0 aromatic heterocycles. The minimum atomic E-state index is -0.620. The number of anilines is 1. The summed E-state index contributed by atoms with van der Waals surface area (Å²) in [6.07, 6.45) is 1.71. The highest BCUT2D eigenvalue weighted by Gasteiger charge is 2.35. The molecule has 0 saturated carbocycles. The third-order valence-corrected chi connectivity index (χ3v) is 6.95. The van der Waals surface area contributed by atoms with Crippen molar-refractivity contribution in [3.8, 4) is 0 Å². The third-order valence-electron chi connectivity index (χ3n) is 5.77. The fourth-order valence-corrected chi connectivity index (χ4v) is 5.01. The monoisotopic (exact) mass is 515 g/mol. The van der Waals surface area contributed by atoms with Gasteiger partial charge in [-0.3, -0.25) is 14.5 Å². The zero-order valence-corrected chi connectivity index (χ0v) is 21.4. The molecule has 1 heterocycles. The van der Waals surface area contributed by atoms with Gasteiger partial charge in [-0.15, -0.1) is 0 Å². The number of ether oxygens (including phenoxy) is 1. The number of aliphatic imine (C=N–C) groups is 1. The third kappa shape index (κ3) is 7.30. The molecule has 1 aliphatic rings. The lowest BCUT2D eigenvalue weighted by molar-refractivity contribution is -0.129. The van der Waals surface area contributed by atoms with E-state index in [9.17, 15) is 14.4 Å². The molecule has 7 nitrogen and oxygen atoms in total. The Morgan fingerprint density at radius 2 is 1.68 bits per heavy atom. The van der Waals surface area contributed by atoms with Crippen LogP contribution in [0.15, 0.2) is 89.9 Å². The highest BCUT2D eigenvalue weighted by atomic mass is 32.2. The maximum absolute atomic E-state index is 13.2. The van der Waals surface area contributed by atoms with E-state index in [4.69, 9.17) is 9.73 Å². The Bertz CT molecular complexity index is 1250. The van der Waals surface area contributed by atoms with Gasteiger partial charge < -0.3 is 10.1 Å². The molecule has 1 saturated heterocycles. The molecule has 3 aromatic rings. The summed E-state index contributed by atoms with van der Waals surface area (Å²) in [5.41, 5.74) is 2.89. The maximum atomic E-state index is 13.2. The number of benzene rings is 3. The first-order valence-corrected chi connectivity index (χ1v) is 13.1. The van der Waals surface area contributed by atoms with E-state index in [1.54, 1.807) is 36.1 Å². The molecule has 190 valence electrons. The van der Waals surface area contributed by atoms with Crippen LogP contribution >= 0.6 is 11.8 Å². The van der Waals surface area contributed by atoms with Crippen molar-refractivity contribution in [2.75, 3.05) is 18.5 Å². The molecule has 1 N–H and O–H groups in total. The average molecular weight is 516 g/mol. The smallest absolute Gasteiger partial charge is 0.338 e. The predicted octanol–water partition coefficient (Wildman–Crippen LogP) is 5.46. The molecule has 1 aliphatic heterocycles. The number of carbonyl (C=O) groups is 3. The molecule has 2 amide bonds. The number of hydrogen-bond acceptors (Lipinski definition) is 6. The van der Waals surface area contributed by atoms with Crippen molar-refractivity contribution in [1.29, 1.82) is 0 Å². The molecule has 1 unspecified atom stereocenters. The molecule has 8 heteroatoms. The van der Waals surface area contributed by atoms with Crippen molar-refractivity contribution < 1.29 is 19.1 Å². The molecular formula is C29H29N3O4S. The van der Waals surface area contributed by atoms with Crippen LogP contribution < -0.4 is 5.32 Å². The van der Waals surface area contributed by atoms with Crippen molar-refractivity contribution in [1.82, 2.24) is 4.90 Å². The van der Waals surface area contributed by atoms with Crippen LogP contribution in [0.5, 0.6) is 0 Å². The summed E-state index contributed by atoms with van der Waals surface area (Å²) in [4.78, 5) is 44.6. The van der Waals surface area contributed by atoms with E-state index in [0.717, 1.165) is 18.5 Å². The van der Waals surface area contributed by atoms with Crippen molar-refractivity contribution in [2.24, 2.45) is 4.99 Å². The highest BCUT2D eigenvalue weighted by Crippen LogP contribution is 2.30. The fourth-order valence-electron chi connectivity index (χ4n) is 3.89. The van der Waals surface area contributed by atoms with Gasteiger partial charge in [0.2, 0.25) is 11.8 Å². The van der Waals surface area contributed by atoms with Crippen LogP contribution in [0.1, 0.15) is 35.7 Å². The Balaban J connectivity index is 1.45. The lowest BCUT2D eigenvalue weighted by Gasteiger charge is -2.32. The first-order chi connectivity index (χ1) is 18.0. The molecular weight excluding hydrogens is 486 g/mol. The van der Waals surface area contributed by atoms with Gasteiger partial charge in [-0.25, -0.2) is 9.79 Å². The number of para-hydroxylation sites is 1. The van der Waals surface area contributed by atoms with E-state index >= 15 is 0 Å². The number of thioether (sulfide) groups is 1. The summed E-state index contributed by atoms with van der Waals surface area (Å²) in [6, 6.07) is 26.1. The van der Waals surface area contributed by atoms with Crippen molar-refractivity contribution >= 4 is 46.1 Å². The van der Waals surface area contributed by atoms with Crippen LogP contribution in [0, 0.1) is 0 Å². The summed E-state index contributed by atoms with van der Waals surface area (Å²) in [5.74, 6) is -0.825. The van der Waals surface area contributed by atoms with E-state index in [1.807, 2.05) is 48.5 Å². The van der Waals surface area contributed by atoms with Crippen LogP contribution in [-0.4, -0.2) is 46.3 Å².